The normalized spacial score (nSPS) is 15.9. The predicted octanol–water partition coefficient (Wildman–Crippen LogP) is 4.20. The Morgan fingerprint density at radius 3 is 1.71 bits per heavy atom. The minimum absolute atomic E-state index is 0.0130. The minimum atomic E-state index is -1.04. The molecule has 0 aromatic rings. The van der Waals surface area contributed by atoms with Crippen molar-refractivity contribution in [2.45, 2.75) is 66.7 Å². The molecule has 1 fully saturated rings. The van der Waals surface area contributed by atoms with Crippen molar-refractivity contribution in [3.8, 4) is 0 Å². The van der Waals surface area contributed by atoms with Crippen LogP contribution in [0.15, 0.2) is 11.1 Å². The first-order valence-corrected chi connectivity index (χ1v) is 12.0. The summed E-state index contributed by atoms with van der Waals surface area (Å²) in [5, 5.41) is 1.18. The Bertz CT molecular complexity index is 496. The molecule has 0 N–H and O–H groups in total. The van der Waals surface area contributed by atoms with Crippen LogP contribution in [0.5, 0.6) is 0 Å². The molecule has 1 aliphatic rings. The van der Waals surface area contributed by atoms with Gasteiger partial charge in [0, 0.05) is 45.5 Å². The number of allylic oxidation sites excluding steroid dienone is 1. The molecule has 0 aromatic carbocycles. The van der Waals surface area contributed by atoms with E-state index in [2.05, 4.69) is 45.7 Å². The average molecular weight is 412 g/mol. The number of hydrogen-bond acceptors (Lipinski definition) is 4. The van der Waals surface area contributed by atoms with Gasteiger partial charge in [-0.15, -0.1) is 11.8 Å². The Morgan fingerprint density at radius 1 is 0.964 bits per heavy atom. The fourth-order valence-corrected chi connectivity index (χ4v) is 4.77. The van der Waals surface area contributed by atoms with E-state index in [0.717, 1.165) is 38.0 Å². The summed E-state index contributed by atoms with van der Waals surface area (Å²) in [5.41, 5.74) is -1.04. The first kappa shape index (κ1) is 24.9. The minimum Gasteiger partial charge on any atom is -0.369 e. The maximum atomic E-state index is 13.6. The van der Waals surface area contributed by atoms with Crippen LogP contribution in [0.25, 0.3) is 0 Å². The van der Waals surface area contributed by atoms with Crippen LogP contribution in [0.1, 0.15) is 66.7 Å². The first-order chi connectivity index (χ1) is 13.3. The van der Waals surface area contributed by atoms with Gasteiger partial charge in [0.1, 0.15) is 5.41 Å². The summed E-state index contributed by atoms with van der Waals surface area (Å²) >= 11 is 1.81. The van der Waals surface area contributed by atoms with Crippen molar-refractivity contribution >= 4 is 23.6 Å². The Balaban J connectivity index is 3.22. The van der Waals surface area contributed by atoms with Crippen LogP contribution in [-0.4, -0.2) is 72.0 Å². The molecule has 5 nitrogen and oxygen atoms in total. The monoisotopic (exact) mass is 411 g/mol. The van der Waals surface area contributed by atoms with E-state index in [1.165, 1.54) is 5.03 Å². The highest BCUT2D eigenvalue weighted by Gasteiger charge is 2.44. The van der Waals surface area contributed by atoms with E-state index in [1.807, 2.05) is 28.5 Å². The van der Waals surface area contributed by atoms with E-state index >= 15 is 0 Å². The van der Waals surface area contributed by atoms with Crippen molar-refractivity contribution in [1.29, 1.82) is 0 Å². The number of carbonyl (C=O) groups excluding carboxylic acids is 2. The number of amides is 2. The molecule has 1 heterocycles. The van der Waals surface area contributed by atoms with Crippen molar-refractivity contribution < 1.29 is 9.59 Å². The van der Waals surface area contributed by atoms with Gasteiger partial charge in [-0.1, -0.05) is 33.8 Å². The number of hydrogen-bond donors (Lipinski definition) is 0. The molecule has 0 saturated carbocycles. The molecule has 0 aromatic heterocycles. The predicted molar refractivity (Wildman–Crippen MR) is 120 cm³/mol. The van der Waals surface area contributed by atoms with Gasteiger partial charge < -0.3 is 14.7 Å². The molecule has 2 amide bonds. The Kier molecular flexibility index (Phi) is 11.0. The lowest BCUT2D eigenvalue weighted by atomic mass is 9.82. The molecular weight excluding hydrogens is 370 g/mol. The second-order valence-corrected chi connectivity index (χ2v) is 9.05. The summed E-state index contributed by atoms with van der Waals surface area (Å²) in [4.78, 5) is 33.2. The van der Waals surface area contributed by atoms with Gasteiger partial charge >= 0.3 is 0 Å². The highest BCUT2D eigenvalue weighted by atomic mass is 32.2. The fourth-order valence-electron chi connectivity index (χ4n) is 3.69. The fraction of sp³-hybridized carbons (Fsp3) is 0.818. The van der Waals surface area contributed by atoms with Gasteiger partial charge in [0.15, 0.2) is 0 Å². The molecule has 1 rings (SSSR count). The van der Waals surface area contributed by atoms with E-state index < -0.39 is 5.41 Å². The lowest BCUT2D eigenvalue weighted by molar-refractivity contribution is -0.155. The zero-order valence-electron chi connectivity index (χ0n) is 18.9. The van der Waals surface area contributed by atoms with Crippen LogP contribution >= 0.6 is 11.8 Å². The van der Waals surface area contributed by atoms with E-state index in [1.54, 1.807) is 0 Å². The molecule has 0 radical (unpaired) electrons. The lowest BCUT2D eigenvalue weighted by Crippen LogP contribution is -2.53. The van der Waals surface area contributed by atoms with Crippen molar-refractivity contribution in [3.63, 3.8) is 0 Å². The van der Waals surface area contributed by atoms with Gasteiger partial charge in [-0.05, 0) is 39.0 Å². The van der Waals surface area contributed by atoms with Crippen molar-refractivity contribution in [2.24, 2.45) is 5.41 Å². The Morgan fingerprint density at radius 2 is 1.39 bits per heavy atom. The summed E-state index contributed by atoms with van der Waals surface area (Å²) in [6.45, 7) is 14.1. The van der Waals surface area contributed by atoms with E-state index in [-0.39, 0.29) is 11.8 Å². The molecule has 0 spiro atoms. The second-order valence-electron chi connectivity index (χ2n) is 7.93. The number of carbonyl (C=O) groups is 2. The van der Waals surface area contributed by atoms with Gasteiger partial charge in [0.2, 0.25) is 11.8 Å². The van der Waals surface area contributed by atoms with Crippen LogP contribution in [0.3, 0.4) is 0 Å². The molecule has 1 aliphatic heterocycles. The number of thioether (sulfide) groups is 1. The Hall–Kier alpha value is -1.17. The van der Waals surface area contributed by atoms with Gasteiger partial charge in [0.05, 0.1) is 5.03 Å². The van der Waals surface area contributed by atoms with E-state index in [9.17, 15) is 9.59 Å². The quantitative estimate of drug-likeness (QED) is 0.452. The molecule has 0 aliphatic carbocycles. The average Bonchev–Trinajstić information content (AvgIpc) is 3.09. The van der Waals surface area contributed by atoms with Crippen molar-refractivity contribution in [3.05, 3.63) is 11.1 Å². The highest BCUT2D eigenvalue weighted by Crippen LogP contribution is 2.33. The molecule has 0 atom stereocenters. The van der Waals surface area contributed by atoms with Crippen LogP contribution in [-0.2, 0) is 9.59 Å². The Labute approximate surface area is 176 Å². The van der Waals surface area contributed by atoms with Gasteiger partial charge in [-0.2, -0.15) is 0 Å². The largest absolute Gasteiger partial charge is 0.369 e. The zero-order valence-corrected chi connectivity index (χ0v) is 19.7. The molecule has 6 heteroatoms. The van der Waals surface area contributed by atoms with Gasteiger partial charge in [-0.3, -0.25) is 9.59 Å². The SMILES string of the molecule is CCCN(CCC)C(=O)C(C)(C/C=C1\SCCN1C)C(=O)N(CCC)CCC. The van der Waals surface area contributed by atoms with Crippen LogP contribution in [0.2, 0.25) is 0 Å². The molecule has 0 unspecified atom stereocenters. The van der Waals surface area contributed by atoms with Crippen LogP contribution < -0.4 is 0 Å². The molecule has 162 valence electrons. The summed E-state index contributed by atoms with van der Waals surface area (Å²) in [6, 6.07) is 0. The number of rotatable bonds is 12. The third kappa shape index (κ3) is 6.43. The third-order valence-electron chi connectivity index (χ3n) is 5.23. The summed E-state index contributed by atoms with van der Waals surface area (Å²) in [6.07, 6.45) is 6.20. The maximum Gasteiger partial charge on any atom is 0.238 e. The topological polar surface area (TPSA) is 43.9 Å². The standard InChI is InChI=1S/C22H41N3O2S/c1-7-13-24(14-8-2)20(26)22(5,12-11-19-23(6)17-18-28-19)21(27)25(15-9-3)16-10-4/h11H,7-10,12-18H2,1-6H3/b19-11-. The molecule has 0 bridgehead atoms. The van der Waals surface area contributed by atoms with E-state index in [4.69, 9.17) is 0 Å². The second kappa shape index (κ2) is 12.4. The van der Waals surface area contributed by atoms with Gasteiger partial charge in [-0.25, -0.2) is 0 Å². The summed E-state index contributed by atoms with van der Waals surface area (Å²) in [5.74, 6) is 1.04. The summed E-state index contributed by atoms with van der Waals surface area (Å²) in [7, 11) is 2.08. The first-order valence-electron chi connectivity index (χ1n) is 11.0. The van der Waals surface area contributed by atoms with Crippen molar-refractivity contribution in [2.75, 3.05) is 45.5 Å². The maximum absolute atomic E-state index is 13.6. The third-order valence-corrected chi connectivity index (χ3v) is 6.39. The molecule has 1 saturated heterocycles. The molecule has 28 heavy (non-hydrogen) atoms. The smallest absolute Gasteiger partial charge is 0.238 e. The number of nitrogens with zero attached hydrogens (tertiary/aromatic N) is 3. The zero-order chi connectivity index (χ0) is 21.2. The highest BCUT2D eigenvalue weighted by molar-refractivity contribution is 8.03. The van der Waals surface area contributed by atoms with Gasteiger partial charge in [0.25, 0.3) is 0 Å². The summed E-state index contributed by atoms with van der Waals surface area (Å²) < 4.78 is 0. The molecular formula is C22H41N3O2S. The van der Waals surface area contributed by atoms with Crippen LogP contribution in [0.4, 0.5) is 0 Å². The van der Waals surface area contributed by atoms with Crippen LogP contribution in [0, 0.1) is 5.41 Å². The lowest BCUT2D eigenvalue weighted by Gasteiger charge is -2.37. The van der Waals surface area contributed by atoms with E-state index in [0.29, 0.717) is 32.6 Å². The van der Waals surface area contributed by atoms with Crippen molar-refractivity contribution in [1.82, 2.24) is 14.7 Å².